The van der Waals surface area contributed by atoms with Crippen LogP contribution in [0.3, 0.4) is 0 Å². The van der Waals surface area contributed by atoms with E-state index in [4.69, 9.17) is 0 Å². The second-order valence-electron chi connectivity index (χ2n) is 6.46. The zero-order valence-electron chi connectivity index (χ0n) is 15.5. The van der Waals surface area contributed by atoms with Gasteiger partial charge in [0.05, 0.1) is 17.6 Å². The molecule has 0 spiro atoms. The molecule has 0 radical (unpaired) electrons. The molecule has 0 saturated carbocycles. The Labute approximate surface area is 166 Å². The lowest BCUT2D eigenvalue weighted by Crippen LogP contribution is -2.17. The second kappa shape index (κ2) is 8.47. The Balaban J connectivity index is 1.63. The monoisotopic (exact) mass is 390 g/mol. The van der Waals surface area contributed by atoms with E-state index in [2.05, 4.69) is 25.3 Å². The van der Waals surface area contributed by atoms with E-state index >= 15 is 0 Å². The number of aromatic nitrogens is 5. The molecule has 146 valence electrons. The molecule has 29 heavy (non-hydrogen) atoms. The topological polar surface area (TPSA) is 88.5 Å². The third kappa shape index (κ3) is 4.37. The fourth-order valence-electron chi connectivity index (χ4n) is 3.05. The number of anilines is 1. The smallest absolute Gasteiger partial charge is 0.260 e. The molecular formula is C21H19FN6O. The SMILES string of the molecule is O=c1[nH]c(NCCCn2ccnc2)nc(-c2ccncc2)c1-c1ccc(F)cc1. The molecule has 0 unspecified atom stereocenters. The molecule has 0 atom stereocenters. The molecule has 3 heterocycles. The minimum atomic E-state index is -0.361. The van der Waals surface area contributed by atoms with E-state index in [1.807, 2.05) is 10.8 Å². The van der Waals surface area contributed by atoms with Gasteiger partial charge >= 0.3 is 0 Å². The first-order valence-corrected chi connectivity index (χ1v) is 9.21. The zero-order valence-corrected chi connectivity index (χ0v) is 15.5. The summed E-state index contributed by atoms with van der Waals surface area (Å²) in [6.07, 6.45) is 9.53. The van der Waals surface area contributed by atoms with Crippen LogP contribution in [-0.4, -0.2) is 31.0 Å². The van der Waals surface area contributed by atoms with E-state index < -0.39 is 0 Å². The van der Waals surface area contributed by atoms with Crippen molar-refractivity contribution in [2.45, 2.75) is 13.0 Å². The Hall–Kier alpha value is -3.81. The van der Waals surface area contributed by atoms with Gasteiger partial charge in [-0.25, -0.2) is 14.4 Å². The number of benzene rings is 1. The zero-order chi connectivity index (χ0) is 20.1. The summed E-state index contributed by atoms with van der Waals surface area (Å²) in [5, 5.41) is 3.17. The Kier molecular flexibility index (Phi) is 5.42. The number of hydrogen-bond donors (Lipinski definition) is 2. The Morgan fingerprint density at radius 1 is 1.00 bits per heavy atom. The number of nitrogens with zero attached hydrogens (tertiary/aromatic N) is 4. The average molecular weight is 390 g/mol. The molecule has 3 aromatic heterocycles. The van der Waals surface area contributed by atoms with Gasteiger partial charge in [-0.2, -0.15) is 0 Å². The normalized spacial score (nSPS) is 10.8. The molecule has 1 aromatic carbocycles. The maximum Gasteiger partial charge on any atom is 0.260 e. The number of hydrogen-bond acceptors (Lipinski definition) is 5. The van der Waals surface area contributed by atoms with Crippen molar-refractivity contribution < 1.29 is 4.39 Å². The average Bonchev–Trinajstić information content (AvgIpc) is 3.26. The van der Waals surface area contributed by atoms with Gasteiger partial charge in [0.25, 0.3) is 5.56 Å². The summed E-state index contributed by atoms with van der Waals surface area (Å²) in [5.41, 5.74) is 1.96. The summed E-state index contributed by atoms with van der Waals surface area (Å²) in [7, 11) is 0. The fraction of sp³-hybridized carbons (Fsp3) is 0.143. The van der Waals surface area contributed by atoms with Crippen LogP contribution in [-0.2, 0) is 6.54 Å². The number of aryl methyl sites for hydroxylation is 1. The van der Waals surface area contributed by atoms with Crippen molar-refractivity contribution in [1.82, 2.24) is 24.5 Å². The van der Waals surface area contributed by atoms with Crippen LogP contribution in [0, 0.1) is 5.82 Å². The molecule has 0 aliphatic heterocycles. The number of imidazole rings is 1. The van der Waals surface area contributed by atoms with Crippen LogP contribution in [0.1, 0.15) is 6.42 Å². The van der Waals surface area contributed by atoms with Gasteiger partial charge in [-0.3, -0.25) is 14.8 Å². The van der Waals surface area contributed by atoms with Crippen molar-refractivity contribution in [2.75, 3.05) is 11.9 Å². The lowest BCUT2D eigenvalue weighted by atomic mass is 10.0. The fourth-order valence-corrected chi connectivity index (χ4v) is 3.05. The summed E-state index contributed by atoms with van der Waals surface area (Å²) in [5.74, 6) is 0.0260. The van der Waals surface area contributed by atoms with E-state index in [9.17, 15) is 9.18 Å². The van der Waals surface area contributed by atoms with Gasteiger partial charge in [0.1, 0.15) is 5.82 Å². The van der Waals surface area contributed by atoms with E-state index in [1.54, 1.807) is 49.2 Å². The number of rotatable bonds is 7. The van der Waals surface area contributed by atoms with Crippen LogP contribution in [0.15, 0.2) is 72.3 Å². The quantitative estimate of drug-likeness (QED) is 0.473. The molecule has 0 fully saturated rings. The first-order chi connectivity index (χ1) is 14.2. The van der Waals surface area contributed by atoms with Crippen molar-refractivity contribution in [1.29, 1.82) is 0 Å². The highest BCUT2D eigenvalue weighted by molar-refractivity contribution is 5.80. The third-order valence-corrected chi connectivity index (χ3v) is 4.45. The van der Waals surface area contributed by atoms with Gasteiger partial charge < -0.3 is 9.88 Å². The maximum atomic E-state index is 13.3. The number of nitrogens with one attached hydrogen (secondary N) is 2. The van der Waals surface area contributed by atoms with Crippen LogP contribution in [0.5, 0.6) is 0 Å². The van der Waals surface area contributed by atoms with Crippen LogP contribution in [0.4, 0.5) is 10.3 Å². The first kappa shape index (κ1) is 18.5. The predicted octanol–water partition coefficient (Wildman–Crippen LogP) is 3.34. The van der Waals surface area contributed by atoms with Crippen LogP contribution < -0.4 is 10.9 Å². The molecule has 4 rings (SSSR count). The highest BCUT2D eigenvalue weighted by Gasteiger charge is 2.15. The molecule has 0 amide bonds. The Morgan fingerprint density at radius 2 is 1.79 bits per heavy atom. The molecule has 4 aromatic rings. The first-order valence-electron chi connectivity index (χ1n) is 9.21. The van der Waals surface area contributed by atoms with Crippen LogP contribution in [0.2, 0.25) is 0 Å². The minimum absolute atomic E-state index is 0.296. The molecule has 2 N–H and O–H groups in total. The highest BCUT2D eigenvalue weighted by Crippen LogP contribution is 2.28. The molecule has 7 nitrogen and oxygen atoms in total. The second-order valence-corrected chi connectivity index (χ2v) is 6.46. The summed E-state index contributed by atoms with van der Waals surface area (Å²) in [6.45, 7) is 1.44. The van der Waals surface area contributed by atoms with Crippen molar-refractivity contribution in [3.8, 4) is 22.4 Å². The Bertz CT molecular complexity index is 1120. The van der Waals surface area contributed by atoms with Gasteiger partial charge in [-0.1, -0.05) is 12.1 Å². The van der Waals surface area contributed by atoms with Gasteiger partial charge in [0.2, 0.25) is 5.95 Å². The molecular weight excluding hydrogens is 371 g/mol. The lowest BCUT2D eigenvalue weighted by Gasteiger charge is -2.12. The summed E-state index contributed by atoms with van der Waals surface area (Å²) < 4.78 is 15.3. The molecule has 0 saturated heterocycles. The van der Waals surface area contributed by atoms with Crippen molar-refractivity contribution in [3.05, 3.63) is 83.7 Å². The standard InChI is InChI=1S/C21H19FN6O/c22-17-4-2-15(3-5-17)18-19(16-6-9-23-10-7-16)26-21(27-20(18)29)25-8-1-12-28-13-11-24-14-28/h2-7,9-11,13-14H,1,8,12H2,(H2,25,26,27,29). The predicted molar refractivity (Wildman–Crippen MR) is 109 cm³/mol. The van der Waals surface area contributed by atoms with Crippen molar-refractivity contribution >= 4 is 5.95 Å². The summed E-state index contributed by atoms with van der Waals surface area (Å²) >= 11 is 0. The van der Waals surface area contributed by atoms with Gasteiger partial charge in [0, 0.05) is 43.4 Å². The highest BCUT2D eigenvalue weighted by atomic mass is 19.1. The lowest BCUT2D eigenvalue weighted by molar-refractivity contribution is 0.628. The van der Waals surface area contributed by atoms with Crippen LogP contribution >= 0.6 is 0 Å². The third-order valence-electron chi connectivity index (χ3n) is 4.45. The summed E-state index contributed by atoms with van der Waals surface area (Å²) in [4.78, 5) is 28.3. The molecule has 0 aliphatic rings. The van der Waals surface area contributed by atoms with E-state index in [1.165, 1.54) is 12.1 Å². The minimum Gasteiger partial charge on any atom is -0.356 e. The number of H-pyrrole nitrogens is 1. The van der Waals surface area contributed by atoms with E-state index in [0.717, 1.165) is 18.5 Å². The van der Waals surface area contributed by atoms with Crippen LogP contribution in [0.25, 0.3) is 22.4 Å². The number of aromatic amines is 1. The molecule has 8 heteroatoms. The van der Waals surface area contributed by atoms with Gasteiger partial charge in [-0.05, 0) is 36.2 Å². The molecule has 0 aliphatic carbocycles. The van der Waals surface area contributed by atoms with E-state index in [-0.39, 0.29) is 11.4 Å². The summed E-state index contributed by atoms with van der Waals surface area (Å²) in [6, 6.07) is 9.38. The van der Waals surface area contributed by atoms with Gasteiger partial charge in [0.15, 0.2) is 0 Å². The van der Waals surface area contributed by atoms with Crippen molar-refractivity contribution in [3.63, 3.8) is 0 Å². The molecule has 0 bridgehead atoms. The number of halogens is 1. The maximum absolute atomic E-state index is 13.3. The Morgan fingerprint density at radius 3 is 2.52 bits per heavy atom. The number of pyridine rings is 1. The van der Waals surface area contributed by atoms with Gasteiger partial charge in [-0.15, -0.1) is 0 Å². The largest absolute Gasteiger partial charge is 0.356 e. The van der Waals surface area contributed by atoms with Crippen molar-refractivity contribution in [2.24, 2.45) is 0 Å². The van der Waals surface area contributed by atoms with E-state index in [0.29, 0.717) is 29.3 Å².